The molecule has 0 aliphatic carbocycles. The number of halogens is 2. The third-order valence-corrected chi connectivity index (χ3v) is 1.04. The first kappa shape index (κ1) is 9.14. The molecule has 12 heavy (non-hydrogen) atoms. The summed E-state index contributed by atoms with van der Waals surface area (Å²) in [4.78, 5) is 17.7. The second kappa shape index (κ2) is 4.17. The van der Waals surface area contributed by atoms with Gasteiger partial charge >= 0.3 is 12.8 Å². The lowest BCUT2D eigenvalue weighted by molar-refractivity contribution is -0.388. The average Bonchev–Trinajstić information content (AvgIpc) is 2.35. The molecule has 1 atom stereocenters. The smallest absolute Gasteiger partial charge is 0.430 e. The van der Waals surface area contributed by atoms with Gasteiger partial charge in [-0.25, -0.2) is 9.68 Å². The minimum absolute atomic E-state index is 0.00850. The molecule has 1 aliphatic rings. The fourth-order valence-electron chi connectivity index (χ4n) is 0.614. The van der Waals surface area contributed by atoms with Gasteiger partial charge in [0, 0.05) is 0 Å². The molecule has 0 spiro atoms. The molecule has 1 unspecified atom stereocenters. The van der Waals surface area contributed by atoms with Crippen molar-refractivity contribution in [2.75, 3.05) is 13.2 Å². The molecule has 1 fully saturated rings. The number of alkyl halides is 2. The molecule has 0 amide bonds. The van der Waals surface area contributed by atoms with Gasteiger partial charge in [0.15, 0.2) is 6.10 Å². The average molecular weight is 184 g/mol. The summed E-state index contributed by atoms with van der Waals surface area (Å²) in [6, 6.07) is 0. The highest BCUT2D eigenvalue weighted by atomic mass is 19.3. The molecule has 1 aliphatic heterocycles. The predicted molar refractivity (Wildman–Crippen MR) is 29.3 cm³/mol. The molecule has 0 radical (unpaired) electrons. The van der Waals surface area contributed by atoms with Gasteiger partial charge in [-0.1, -0.05) is 0 Å². The number of rotatable bonds is 4. The van der Waals surface area contributed by atoms with Gasteiger partial charge in [0.2, 0.25) is 0 Å². The number of carbonyl (C=O) groups excluding carboxylic acids is 1. The molecule has 0 N–H and O–H groups in total. The van der Waals surface area contributed by atoms with E-state index in [-0.39, 0.29) is 13.2 Å². The molecular weight excluding hydrogens is 178 g/mol. The Hall–Kier alpha value is -0.950. The van der Waals surface area contributed by atoms with Gasteiger partial charge in [0.1, 0.15) is 13.2 Å². The lowest BCUT2D eigenvalue weighted by Crippen LogP contribution is -2.19. The van der Waals surface area contributed by atoms with Crippen LogP contribution in [0.15, 0.2) is 0 Å². The topological polar surface area (TPSA) is 54.0 Å². The van der Waals surface area contributed by atoms with Crippen molar-refractivity contribution in [3.63, 3.8) is 0 Å². The van der Waals surface area contributed by atoms with Gasteiger partial charge in [-0.05, 0) is 0 Å². The normalized spacial score (nSPS) is 22.6. The van der Waals surface area contributed by atoms with Crippen LogP contribution in [0.3, 0.4) is 0 Å². The SMILES string of the molecule is O=C1OCC(COOC(F)F)O1. The van der Waals surface area contributed by atoms with E-state index >= 15 is 0 Å². The largest absolute Gasteiger partial charge is 0.508 e. The van der Waals surface area contributed by atoms with Gasteiger partial charge in [-0.2, -0.15) is 13.7 Å². The summed E-state index contributed by atoms with van der Waals surface area (Å²) in [5, 5.41) is 0. The standard InChI is InChI=1S/C5H6F2O5/c6-4(7)12-10-2-3-1-9-5(8)11-3/h3-4H,1-2H2. The number of carbonyl (C=O) groups is 1. The molecule has 0 bridgehead atoms. The minimum Gasteiger partial charge on any atom is -0.430 e. The van der Waals surface area contributed by atoms with E-state index in [9.17, 15) is 13.6 Å². The third-order valence-electron chi connectivity index (χ3n) is 1.04. The first-order valence-electron chi connectivity index (χ1n) is 3.08. The Kier molecular flexibility index (Phi) is 3.18. The van der Waals surface area contributed by atoms with Crippen LogP contribution >= 0.6 is 0 Å². The Bertz CT molecular complexity index is 162. The molecule has 0 aromatic heterocycles. The van der Waals surface area contributed by atoms with Crippen molar-refractivity contribution in [3.8, 4) is 0 Å². The summed E-state index contributed by atoms with van der Waals surface area (Å²) in [5.74, 6) is 0. The number of ether oxygens (including phenoxy) is 2. The van der Waals surface area contributed by atoms with E-state index in [0.29, 0.717) is 0 Å². The first-order chi connectivity index (χ1) is 5.68. The lowest BCUT2D eigenvalue weighted by atomic mass is 10.4. The van der Waals surface area contributed by atoms with E-state index in [1.54, 1.807) is 0 Å². The Morgan fingerprint density at radius 2 is 2.42 bits per heavy atom. The van der Waals surface area contributed by atoms with Crippen LogP contribution in [0.5, 0.6) is 0 Å². The Morgan fingerprint density at radius 3 is 2.92 bits per heavy atom. The molecule has 1 rings (SSSR count). The van der Waals surface area contributed by atoms with Crippen LogP contribution in [0.1, 0.15) is 0 Å². The fraction of sp³-hybridized carbons (Fsp3) is 0.800. The van der Waals surface area contributed by atoms with Gasteiger partial charge in [-0.3, -0.25) is 0 Å². The van der Waals surface area contributed by atoms with Gasteiger partial charge in [0.25, 0.3) is 0 Å². The summed E-state index contributed by atoms with van der Waals surface area (Å²) in [5.41, 5.74) is 0. The third kappa shape index (κ3) is 2.97. The number of cyclic esters (lactones) is 2. The van der Waals surface area contributed by atoms with E-state index in [2.05, 4.69) is 19.2 Å². The van der Waals surface area contributed by atoms with E-state index in [1.165, 1.54) is 0 Å². The Labute approximate surface area is 66.1 Å². The van der Waals surface area contributed by atoms with Crippen molar-refractivity contribution >= 4 is 6.16 Å². The second-order valence-electron chi connectivity index (χ2n) is 1.94. The van der Waals surface area contributed by atoms with E-state index in [0.717, 1.165) is 0 Å². The molecule has 0 aromatic rings. The van der Waals surface area contributed by atoms with Gasteiger partial charge in [0.05, 0.1) is 0 Å². The number of hydrogen-bond donors (Lipinski definition) is 0. The molecule has 0 saturated carbocycles. The highest BCUT2D eigenvalue weighted by molar-refractivity contribution is 5.61. The zero-order chi connectivity index (χ0) is 8.97. The van der Waals surface area contributed by atoms with Crippen LogP contribution in [0.4, 0.5) is 13.6 Å². The van der Waals surface area contributed by atoms with Crippen molar-refractivity contribution in [1.29, 1.82) is 0 Å². The maximum atomic E-state index is 11.3. The number of hydrogen-bond acceptors (Lipinski definition) is 5. The molecule has 5 nitrogen and oxygen atoms in total. The minimum atomic E-state index is -3.00. The van der Waals surface area contributed by atoms with E-state index in [1.807, 2.05) is 0 Å². The van der Waals surface area contributed by atoms with Crippen LogP contribution in [0.25, 0.3) is 0 Å². The summed E-state index contributed by atoms with van der Waals surface area (Å²) in [6.45, 7) is -3.27. The van der Waals surface area contributed by atoms with Crippen LogP contribution < -0.4 is 0 Å². The van der Waals surface area contributed by atoms with Crippen molar-refractivity contribution in [3.05, 3.63) is 0 Å². The van der Waals surface area contributed by atoms with Crippen molar-refractivity contribution in [1.82, 2.24) is 0 Å². The monoisotopic (exact) mass is 184 g/mol. The predicted octanol–water partition coefficient (Wildman–Crippen LogP) is 0.693. The molecule has 1 saturated heterocycles. The molecule has 0 aromatic carbocycles. The summed E-state index contributed by atoms with van der Waals surface area (Å²) in [6.07, 6.45) is -1.50. The van der Waals surface area contributed by atoms with Gasteiger partial charge in [-0.15, -0.1) is 0 Å². The molecular formula is C5H6F2O5. The maximum absolute atomic E-state index is 11.3. The second-order valence-corrected chi connectivity index (χ2v) is 1.94. The highest BCUT2D eigenvalue weighted by Gasteiger charge is 2.25. The van der Waals surface area contributed by atoms with Crippen molar-refractivity contribution in [2.24, 2.45) is 0 Å². The van der Waals surface area contributed by atoms with E-state index in [4.69, 9.17) is 0 Å². The molecule has 7 heteroatoms. The summed E-state index contributed by atoms with van der Waals surface area (Å²) < 4.78 is 31.4. The molecule has 1 heterocycles. The zero-order valence-corrected chi connectivity index (χ0v) is 5.87. The quantitative estimate of drug-likeness (QED) is 0.365. The van der Waals surface area contributed by atoms with Crippen molar-refractivity contribution < 1.29 is 32.8 Å². The maximum Gasteiger partial charge on any atom is 0.508 e. The van der Waals surface area contributed by atoms with Crippen molar-refractivity contribution in [2.45, 2.75) is 12.7 Å². The first-order valence-corrected chi connectivity index (χ1v) is 3.08. The van der Waals surface area contributed by atoms with E-state index < -0.39 is 18.9 Å². The van der Waals surface area contributed by atoms with Crippen LogP contribution in [-0.2, 0) is 19.2 Å². The Morgan fingerprint density at radius 1 is 1.67 bits per heavy atom. The Balaban J connectivity index is 2.04. The summed E-state index contributed by atoms with van der Waals surface area (Å²) >= 11 is 0. The highest BCUT2D eigenvalue weighted by Crippen LogP contribution is 2.07. The van der Waals surface area contributed by atoms with Crippen LogP contribution in [-0.4, -0.2) is 32.1 Å². The van der Waals surface area contributed by atoms with Gasteiger partial charge < -0.3 is 9.47 Å². The van der Waals surface area contributed by atoms with Crippen LogP contribution in [0.2, 0.25) is 0 Å². The fourth-order valence-corrected chi connectivity index (χ4v) is 0.614. The molecule has 70 valence electrons. The zero-order valence-electron chi connectivity index (χ0n) is 5.87. The summed E-state index contributed by atoms with van der Waals surface area (Å²) in [7, 11) is 0. The van der Waals surface area contributed by atoms with Crippen LogP contribution in [0, 0.1) is 0 Å². The lowest BCUT2D eigenvalue weighted by Gasteiger charge is -2.05.